The molecule has 1 amide bonds. The maximum absolute atomic E-state index is 12.0. The van der Waals surface area contributed by atoms with Gasteiger partial charge in [0.15, 0.2) is 0 Å². The Morgan fingerprint density at radius 2 is 1.79 bits per heavy atom. The van der Waals surface area contributed by atoms with Crippen LogP contribution in [0.2, 0.25) is 0 Å². The number of ether oxygens (including phenoxy) is 1. The standard InChI is InChI=1S/C20H24BrNO2/c1-3-15(2)16-6-10-18(11-7-16)22-20(23)5-4-14-24-19-12-8-17(21)9-13-19/h6-13,15H,3-5,14H2,1-2H3,(H,22,23)/t15-/m0/s1. The number of rotatable bonds is 8. The van der Waals surface area contributed by atoms with Crippen molar-refractivity contribution in [1.29, 1.82) is 0 Å². The Morgan fingerprint density at radius 1 is 1.12 bits per heavy atom. The van der Waals surface area contributed by atoms with Crippen molar-refractivity contribution in [2.75, 3.05) is 11.9 Å². The summed E-state index contributed by atoms with van der Waals surface area (Å²) in [4.78, 5) is 12.0. The van der Waals surface area contributed by atoms with Gasteiger partial charge in [-0.1, -0.05) is 41.9 Å². The largest absolute Gasteiger partial charge is 0.494 e. The van der Waals surface area contributed by atoms with Crippen molar-refractivity contribution in [3.8, 4) is 5.75 Å². The number of hydrogen-bond donors (Lipinski definition) is 1. The molecule has 24 heavy (non-hydrogen) atoms. The van der Waals surface area contributed by atoms with Crippen LogP contribution in [0.4, 0.5) is 5.69 Å². The average molecular weight is 390 g/mol. The molecule has 128 valence electrons. The molecule has 2 aromatic rings. The van der Waals surface area contributed by atoms with Gasteiger partial charge < -0.3 is 10.1 Å². The van der Waals surface area contributed by atoms with Crippen molar-refractivity contribution in [3.05, 3.63) is 58.6 Å². The van der Waals surface area contributed by atoms with Crippen LogP contribution in [0.1, 0.15) is 44.6 Å². The van der Waals surface area contributed by atoms with Crippen LogP contribution in [0.25, 0.3) is 0 Å². The molecule has 0 fully saturated rings. The second-order valence-electron chi connectivity index (χ2n) is 5.89. The average Bonchev–Trinajstić information content (AvgIpc) is 2.60. The summed E-state index contributed by atoms with van der Waals surface area (Å²) < 4.78 is 6.64. The van der Waals surface area contributed by atoms with Crippen LogP contribution in [-0.4, -0.2) is 12.5 Å². The lowest BCUT2D eigenvalue weighted by molar-refractivity contribution is -0.116. The Morgan fingerprint density at radius 3 is 2.42 bits per heavy atom. The van der Waals surface area contributed by atoms with Crippen LogP contribution in [0.5, 0.6) is 5.75 Å². The van der Waals surface area contributed by atoms with Crippen molar-refractivity contribution in [1.82, 2.24) is 0 Å². The number of carbonyl (C=O) groups is 1. The number of anilines is 1. The van der Waals surface area contributed by atoms with Gasteiger partial charge in [0.2, 0.25) is 5.91 Å². The highest BCUT2D eigenvalue weighted by Gasteiger charge is 2.05. The van der Waals surface area contributed by atoms with E-state index < -0.39 is 0 Å². The van der Waals surface area contributed by atoms with E-state index in [9.17, 15) is 4.79 Å². The number of hydrogen-bond acceptors (Lipinski definition) is 2. The summed E-state index contributed by atoms with van der Waals surface area (Å²) >= 11 is 3.39. The first-order chi connectivity index (χ1) is 11.6. The van der Waals surface area contributed by atoms with Crippen molar-refractivity contribution in [2.24, 2.45) is 0 Å². The summed E-state index contributed by atoms with van der Waals surface area (Å²) in [6.45, 7) is 4.91. The van der Waals surface area contributed by atoms with Gasteiger partial charge in [0.1, 0.15) is 5.75 Å². The Balaban J connectivity index is 1.70. The maximum atomic E-state index is 12.0. The maximum Gasteiger partial charge on any atom is 0.224 e. The van der Waals surface area contributed by atoms with Gasteiger partial charge in [0.05, 0.1) is 6.61 Å². The van der Waals surface area contributed by atoms with Gasteiger partial charge in [0, 0.05) is 16.6 Å². The van der Waals surface area contributed by atoms with Crippen molar-refractivity contribution >= 4 is 27.5 Å². The molecular formula is C20H24BrNO2. The number of amides is 1. The van der Waals surface area contributed by atoms with Gasteiger partial charge in [-0.3, -0.25) is 4.79 Å². The van der Waals surface area contributed by atoms with E-state index in [1.807, 2.05) is 36.4 Å². The van der Waals surface area contributed by atoms with Gasteiger partial charge in [-0.25, -0.2) is 0 Å². The number of benzene rings is 2. The Labute approximate surface area is 152 Å². The van der Waals surface area contributed by atoms with E-state index >= 15 is 0 Å². The van der Waals surface area contributed by atoms with Gasteiger partial charge in [-0.2, -0.15) is 0 Å². The highest BCUT2D eigenvalue weighted by atomic mass is 79.9. The summed E-state index contributed by atoms with van der Waals surface area (Å²) in [5.41, 5.74) is 2.15. The van der Waals surface area contributed by atoms with E-state index in [1.165, 1.54) is 5.56 Å². The summed E-state index contributed by atoms with van der Waals surface area (Å²) in [7, 11) is 0. The van der Waals surface area contributed by atoms with Gasteiger partial charge in [-0.15, -0.1) is 0 Å². The zero-order valence-electron chi connectivity index (χ0n) is 14.2. The van der Waals surface area contributed by atoms with E-state index in [1.54, 1.807) is 0 Å². The van der Waals surface area contributed by atoms with E-state index in [0.29, 0.717) is 25.4 Å². The fraction of sp³-hybridized carbons (Fsp3) is 0.350. The van der Waals surface area contributed by atoms with Crippen molar-refractivity contribution in [2.45, 2.75) is 39.0 Å². The fourth-order valence-corrected chi connectivity index (χ4v) is 2.57. The van der Waals surface area contributed by atoms with E-state index in [2.05, 4.69) is 47.2 Å². The molecule has 1 N–H and O–H groups in total. The molecule has 0 saturated heterocycles. The van der Waals surface area contributed by atoms with Crippen LogP contribution in [-0.2, 0) is 4.79 Å². The van der Waals surface area contributed by atoms with E-state index in [0.717, 1.165) is 22.3 Å². The molecule has 0 spiro atoms. The second-order valence-corrected chi connectivity index (χ2v) is 6.80. The molecule has 4 heteroatoms. The molecule has 0 aliphatic heterocycles. The van der Waals surface area contributed by atoms with Crippen LogP contribution in [0, 0.1) is 0 Å². The third-order valence-electron chi connectivity index (χ3n) is 4.01. The number of halogens is 1. The van der Waals surface area contributed by atoms with Gasteiger partial charge in [-0.05, 0) is 60.7 Å². The predicted octanol–water partition coefficient (Wildman–Crippen LogP) is 5.76. The molecule has 0 aliphatic carbocycles. The molecule has 0 radical (unpaired) electrons. The topological polar surface area (TPSA) is 38.3 Å². The van der Waals surface area contributed by atoms with Crippen LogP contribution in [0.15, 0.2) is 53.0 Å². The lowest BCUT2D eigenvalue weighted by atomic mass is 9.99. The minimum Gasteiger partial charge on any atom is -0.494 e. The first-order valence-electron chi connectivity index (χ1n) is 8.36. The molecule has 0 bridgehead atoms. The third kappa shape index (κ3) is 6.00. The van der Waals surface area contributed by atoms with Crippen LogP contribution in [0.3, 0.4) is 0 Å². The molecule has 0 aliphatic rings. The lowest BCUT2D eigenvalue weighted by Crippen LogP contribution is -2.12. The first-order valence-corrected chi connectivity index (χ1v) is 9.16. The minimum atomic E-state index is 0.0192. The van der Waals surface area contributed by atoms with Crippen LogP contribution >= 0.6 is 15.9 Å². The van der Waals surface area contributed by atoms with E-state index in [-0.39, 0.29) is 5.91 Å². The van der Waals surface area contributed by atoms with Gasteiger partial charge >= 0.3 is 0 Å². The monoisotopic (exact) mass is 389 g/mol. The van der Waals surface area contributed by atoms with Crippen molar-refractivity contribution < 1.29 is 9.53 Å². The molecular weight excluding hydrogens is 366 g/mol. The summed E-state index contributed by atoms with van der Waals surface area (Å²) in [5, 5.41) is 2.93. The molecule has 3 nitrogen and oxygen atoms in total. The molecule has 0 unspecified atom stereocenters. The molecule has 0 heterocycles. The summed E-state index contributed by atoms with van der Waals surface area (Å²) in [6.07, 6.45) is 2.25. The highest BCUT2D eigenvalue weighted by Crippen LogP contribution is 2.20. The smallest absolute Gasteiger partial charge is 0.224 e. The highest BCUT2D eigenvalue weighted by molar-refractivity contribution is 9.10. The fourth-order valence-electron chi connectivity index (χ4n) is 2.31. The van der Waals surface area contributed by atoms with Crippen molar-refractivity contribution in [3.63, 3.8) is 0 Å². The quantitative estimate of drug-likeness (QED) is 0.582. The molecule has 1 atom stereocenters. The molecule has 2 rings (SSSR count). The first kappa shape index (κ1) is 18.5. The Kier molecular flexibility index (Phi) is 7.32. The normalized spacial score (nSPS) is 11.8. The minimum absolute atomic E-state index is 0.0192. The Bertz CT molecular complexity index is 638. The Hall–Kier alpha value is -1.81. The number of nitrogens with one attached hydrogen (secondary N) is 1. The molecule has 2 aromatic carbocycles. The zero-order valence-corrected chi connectivity index (χ0v) is 15.8. The molecule has 0 aromatic heterocycles. The summed E-state index contributed by atoms with van der Waals surface area (Å²) in [5.74, 6) is 1.38. The predicted molar refractivity (Wildman–Crippen MR) is 103 cm³/mol. The summed E-state index contributed by atoms with van der Waals surface area (Å²) in [6, 6.07) is 15.8. The van der Waals surface area contributed by atoms with Gasteiger partial charge in [0.25, 0.3) is 0 Å². The SMILES string of the molecule is CC[C@H](C)c1ccc(NC(=O)CCCOc2ccc(Br)cc2)cc1. The third-order valence-corrected chi connectivity index (χ3v) is 4.54. The lowest BCUT2D eigenvalue weighted by Gasteiger charge is -2.11. The zero-order chi connectivity index (χ0) is 17.4. The van der Waals surface area contributed by atoms with Crippen LogP contribution < -0.4 is 10.1 Å². The molecule has 0 saturated carbocycles. The number of carbonyl (C=O) groups excluding carboxylic acids is 1. The van der Waals surface area contributed by atoms with E-state index in [4.69, 9.17) is 4.74 Å². The second kappa shape index (κ2) is 9.48.